The van der Waals surface area contributed by atoms with E-state index in [4.69, 9.17) is 9.72 Å². The van der Waals surface area contributed by atoms with Crippen LogP contribution in [0.5, 0.6) is 0 Å². The highest BCUT2D eigenvalue weighted by molar-refractivity contribution is 7.59. The SMILES string of the molecule is CNc1ccc(-c2cc3nccnc3c(NC[C@@H]3CNCCO3)n2)cc1C#N.S. The minimum atomic E-state index is 0. The first-order chi connectivity index (χ1) is 13.8. The van der Waals surface area contributed by atoms with Gasteiger partial charge in [-0.05, 0) is 18.2 Å². The normalized spacial score (nSPS) is 15.9. The number of benzene rings is 1. The molecule has 0 aliphatic carbocycles. The van der Waals surface area contributed by atoms with E-state index in [1.807, 2.05) is 24.3 Å². The molecule has 1 saturated heterocycles. The van der Waals surface area contributed by atoms with Gasteiger partial charge in [0.25, 0.3) is 0 Å². The lowest BCUT2D eigenvalue weighted by Gasteiger charge is -2.24. The Bertz CT molecular complexity index is 1030. The smallest absolute Gasteiger partial charge is 0.154 e. The first kappa shape index (κ1) is 20.8. The number of rotatable bonds is 5. The summed E-state index contributed by atoms with van der Waals surface area (Å²) >= 11 is 0. The maximum atomic E-state index is 9.41. The van der Waals surface area contributed by atoms with E-state index in [0.717, 1.165) is 35.6 Å². The molecule has 1 aliphatic heterocycles. The van der Waals surface area contributed by atoms with Gasteiger partial charge >= 0.3 is 0 Å². The van der Waals surface area contributed by atoms with Crippen molar-refractivity contribution in [3.63, 3.8) is 0 Å². The van der Waals surface area contributed by atoms with Crippen LogP contribution in [0.4, 0.5) is 11.5 Å². The molecule has 1 aliphatic rings. The molecule has 3 aromatic rings. The van der Waals surface area contributed by atoms with E-state index in [0.29, 0.717) is 30.0 Å². The lowest BCUT2D eigenvalue weighted by atomic mass is 10.1. The molecule has 4 rings (SSSR count). The van der Waals surface area contributed by atoms with Crippen LogP contribution in [0.2, 0.25) is 0 Å². The molecule has 0 amide bonds. The Labute approximate surface area is 176 Å². The molecule has 3 N–H and O–H groups in total. The molecule has 0 bridgehead atoms. The zero-order valence-corrected chi connectivity index (χ0v) is 17.1. The maximum absolute atomic E-state index is 9.41. The summed E-state index contributed by atoms with van der Waals surface area (Å²) < 4.78 is 5.75. The average molecular weight is 410 g/mol. The van der Waals surface area contributed by atoms with E-state index in [1.54, 1.807) is 19.4 Å². The van der Waals surface area contributed by atoms with E-state index in [2.05, 4.69) is 32.0 Å². The summed E-state index contributed by atoms with van der Waals surface area (Å²) in [5.41, 5.74) is 4.39. The first-order valence-electron chi connectivity index (χ1n) is 9.18. The van der Waals surface area contributed by atoms with Crippen LogP contribution in [-0.2, 0) is 4.74 Å². The summed E-state index contributed by atoms with van der Waals surface area (Å²) in [6.07, 6.45) is 3.39. The summed E-state index contributed by atoms with van der Waals surface area (Å²) in [6, 6.07) is 9.76. The number of nitrogens with one attached hydrogen (secondary N) is 3. The van der Waals surface area contributed by atoms with Gasteiger partial charge in [-0.25, -0.2) is 9.97 Å². The minimum Gasteiger partial charge on any atom is -0.387 e. The molecule has 29 heavy (non-hydrogen) atoms. The van der Waals surface area contributed by atoms with Crippen LogP contribution in [0.15, 0.2) is 36.7 Å². The molecule has 0 radical (unpaired) electrons. The second-order valence-electron chi connectivity index (χ2n) is 6.48. The quantitative estimate of drug-likeness (QED) is 0.588. The van der Waals surface area contributed by atoms with Gasteiger partial charge in [0.15, 0.2) is 5.82 Å². The molecule has 3 heterocycles. The summed E-state index contributed by atoms with van der Waals surface area (Å²) in [5.74, 6) is 0.658. The van der Waals surface area contributed by atoms with Crippen LogP contribution in [0.1, 0.15) is 5.56 Å². The number of nitriles is 1. The molecule has 0 spiro atoms. The van der Waals surface area contributed by atoms with Gasteiger partial charge in [0.1, 0.15) is 11.6 Å². The Morgan fingerprint density at radius 1 is 1.28 bits per heavy atom. The van der Waals surface area contributed by atoms with Crippen LogP contribution in [0, 0.1) is 11.3 Å². The highest BCUT2D eigenvalue weighted by atomic mass is 32.1. The zero-order chi connectivity index (χ0) is 19.3. The van der Waals surface area contributed by atoms with Crippen LogP contribution in [0.25, 0.3) is 22.3 Å². The lowest BCUT2D eigenvalue weighted by Crippen LogP contribution is -2.42. The molecule has 2 aromatic heterocycles. The maximum Gasteiger partial charge on any atom is 0.154 e. The third-order valence-corrected chi connectivity index (χ3v) is 4.66. The van der Waals surface area contributed by atoms with Gasteiger partial charge in [0.05, 0.1) is 35.2 Å². The molecule has 1 atom stereocenters. The molecular formula is C20H23N7OS. The minimum absolute atomic E-state index is 0. The number of hydrogen-bond donors (Lipinski definition) is 3. The molecule has 0 unspecified atom stereocenters. The summed E-state index contributed by atoms with van der Waals surface area (Å²) in [6.45, 7) is 3.00. The predicted octanol–water partition coefficient (Wildman–Crippen LogP) is 2.12. The predicted molar refractivity (Wildman–Crippen MR) is 119 cm³/mol. The standard InChI is InChI=1S/C20H21N7O.H2S/c1-22-16-3-2-13(8-14(16)10-21)17-9-18-19(25-5-4-24-18)20(27-17)26-12-15-11-23-6-7-28-15;/h2-5,8-9,15,22-23H,6-7,11-12H2,1H3,(H,26,27);1H2/t15-;/m0./s1. The fraction of sp³-hybridized carbons (Fsp3) is 0.300. The monoisotopic (exact) mass is 409 g/mol. The van der Waals surface area contributed by atoms with Crippen molar-refractivity contribution >= 4 is 36.0 Å². The van der Waals surface area contributed by atoms with Gasteiger partial charge in [0, 0.05) is 44.6 Å². The van der Waals surface area contributed by atoms with E-state index < -0.39 is 0 Å². The highest BCUT2D eigenvalue weighted by Gasteiger charge is 2.16. The second kappa shape index (κ2) is 9.52. The second-order valence-corrected chi connectivity index (χ2v) is 6.48. The van der Waals surface area contributed by atoms with Crippen molar-refractivity contribution in [3.05, 3.63) is 42.2 Å². The van der Waals surface area contributed by atoms with Gasteiger partial charge in [-0.1, -0.05) is 6.07 Å². The van der Waals surface area contributed by atoms with Crippen LogP contribution < -0.4 is 16.0 Å². The summed E-state index contributed by atoms with van der Waals surface area (Å²) in [5, 5.41) is 19.1. The van der Waals surface area contributed by atoms with E-state index >= 15 is 0 Å². The van der Waals surface area contributed by atoms with Crippen LogP contribution >= 0.6 is 13.5 Å². The summed E-state index contributed by atoms with van der Waals surface area (Å²) in [4.78, 5) is 13.6. The van der Waals surface area contributed by atoms with E-state index in [-0.39, 0.29) is 19.6 Å². The Morgan fingerprint density at radius 2 is 2.14 bits per heavy atom. The van der Waals surface area contributed by atoms with Crippen LogP contribution in [0.3, 0.4) is 0 Å². The van der Waals surface area contributed by atoms with Crippen molar-refractivity contribution in [2.24, 2.45) is 0 Å². The Morgan fingerprint density at radius 3 is 2.90 bits per heavy atom. The number of aromatic nitrogens is 3. The molecule has 8 nitrogen and oxygen atoms in total. The van der Waals surface area contributed by atoms with Gasteiger partial charge in [-0.3, -0.25) is 4.98 Å². The van der Waals surface area contributed by atoms with Gasteiger partial charge in [0.2, 0.25) is 0 Å². The zero-order valence-electron chi connectivity index (χ0n) is 16.1. The number of hydrogen-bond acceptors (Lipinski definition) is 8. The molecule has 1 fully saturated rings. The van der Waals surface area contributed by atoms with Crippen molar-refractivity contribution in [2.75, 3.05) is 43.9 Å². The third-order valence-electron chi connectivity index (χ3n) is 4.66. The Balaban J connectivity index is 0.00000240. The fourth-order valence-corrected chi connectivity index (χ4v) is 3.22. The number of pyridine rings is 1. The fourth-order valence-electron chi connectivity index (χ4n) is 3.22. The van der Waals surface area contributed by atoms with E-state index in [1.165, 1.54) is 0 Å². The van der Waals surface area contributed by atoms with Gasteiger partial charge in [-0.2, -0.15) is 18.8 Å². The number of ether oxygens (including phenoxy) is 1. The largest absolute Gasteiger partial charge is 0.387 e. The number of anilines is 2. The Hall–Kier alpha value is -2.93. The Kier molecular flexibility index (Phi) is 6.82. The van der Waals surface area contributed by atoms with E-state index in [9.17, 15) is 5.26 Å². The first-order valence-corrected chi connectivity index (χ1v) is 9.18. The van der Waals surface area contributed by atoms with Gasteiger partial charge < -0.3 is 20.7 Å². The number of fused-ring (bicyclic) bond motifs is 1. The van der Waals surface area contributed by atoms with Crippen molar-refractivity contribution in [1.29, 1.82) is 5.26 Å². The highest BCUT2D eigenvalue weighted by Crippen LogP contribution is 2.28. The summed E-state index contributed by atoms with van der Waals surface area (Å²) in [7, 11) is 1.80. The van der Waals surface area contributed by atoms with Crippen LogP contribution in [-0.4, -0.2) is 54.3 Å². The molecule has 1 aromatic carbocycles. The number of morpholine rings is 1. The van der Waals surface area contributed by atoms with Crippen molar-refractivity contribution in [3.8, 4) is 17.3 Å². The van der Waals surface area contributed by atoms with Crippen molar-refractivity contribution in [1.82, 2.24) is 20.3 Å². The number of nitrogens with zero attached hydrogens (tertiary/aromatic N) is 4. The molecule has 9 heteroatoms. The van der Waals surface area contributed by atoms with Crippen molar-refractivity contribution < 1.29 is 4.74 Å². The molecular weight excluding hydrogens is 386 g/mol. The molecule has 150 valence electrons. The van der Waals surface area contributed by atoms with Gasteiger partial charge in [-0.15, -0.1) is 0 Å². The average Bonchev–Trinajstić information content (AvgIpc) is 2.77. The topological polar surface area (TPSA) is 108 Å². The molecule has 0 saturated carbocycles. The third kappa shape index (κ3) is 4.56. The lowest BCUT2D eigenvalue weighted by molar-refractivity contribution is 0.0372. The van der Waals surface area contributed by atoms with Crippen molar-refractivity contribution in [2.45, 2.75) is 6.10 Å².